The zero-order chi connectivity index (χ0) is 18.1. The normalized spacial score (nSPS) is 13.0. The molecule has 0 saturated heterocycles. The molecule has 1 heterocycles. The highest BCUT2D eigenvalue weighted by molar-refractivity contribution is 5.53. The molecule has 24 heavy (non-hydrogen) atoms. The van der Waals surface area contributed by atoms with Crippen LogP contribution in [0.3, 0.4) is 0 Å². The molecule has 0 amide bonds. The zero-order valence-corrected chi connectivity index (χ0v) is 16.0. The molecule has 2 rings (SSSR count). The molecule has 0 aliphatic rings. The van der Waals surface area contributed by atoms with Gasteiger partial charge in [0.1, 0.15) is 11.4 Å². The molecule has 2 aromatic rings. The summed E-state index contributed by atoms with van der Waals surface area (Å²) in [6.07, 6.45) is 6.98. The molecule has 1 aromatic carbocycles. The van der Waals surface area contributed by atoms with Crippen molar-refractivity contribution < 1.29 is 5.11 Å². The average molecular weight is 326 g/mol. The topological polar surface area (TPSA) is 38.0 Å². The van der Waals surface area contributed by atoms with E-state index in [2.05, 4.69) is 45.8 Å². The van der Waals surface area contributed by atoms with Crippen LogP contribution in [0, 0.1) is 12.3 Å². The summed E-state index contributed by atoms with van der Waals surface area (Å²) >= 11 is 0. The molecular weight excluding hydrogens is 296 g/mol. The predicted molar refractivity (Wildman–Crippen MR) is 102 cm³/mol. The van der Waals surface area contributed by atoms with E-state index in [1.54, 1.807) is 10.7 Å². The summed E-state index contributed by atoms with van der Waals surface area (Å²) in [6, 6.07) is 5.86. The van der Waals surface area contributed by atoms with Crippen molar-refractivity contribution in [1.29, 1.82) is 0 Å². The molecule has 1 N–H and O–H groups in total. The number of phenolic OH excluding ortho intramolecular Hbond substituents is 1. The third-order valence-corrected chi connectivity index (χ3v) is 4.24. The summed E-state index contributed by atoms with van der Waals surface area (Å²) in [6.45, 7) is 15.3. The van der Waals surface area contributed by atoms with Gasteiger partial charge in [-0.2, -0.15) is 5.10 Å². The monoisotopic (exact) mass is 326 g/mol. The first kappa shape index (κ1) is 18.3. The number of nitrogens with zero attached hydrogens (tertiary/aromatic N) is 2. The van der Waals surface area contributed by atoms with Crippen LogP contribution in [0.1, 0.15) is 64.8 Å². The summed E-state index contributed by atoms with van der Waals surface area (Å²) in [7, 11) is 0. The van der Waals surface area contributed by atoms with E-state index in [-0.39, 0.29) is 16.6 Å². The fourth-order valence-corrected chi connectivity index (χ4v) is 3.48. The van der Waals surface area contributed by atoms with Crippen molar-refractivity contribution in [3.05, 3.63) is 47.3 Å². The van der Waals surface area contributed by atoms with Crippen LogP contribution in [-0.4, -0.2) is 14.9 Å². The molecule has 0 atom stereocenters. The van der Waals surface area contributed by atoms with Gasteiger partial charge in [0, 0.05) is 6.20 Å². The number of aromatic hydroxyl groups is 1. The highest BCUT2D eigenvalue weighted by Crippen LogP contribution is 2.38. The van der Waals surface area contributed by atoms with Crippen molar-refractivity contribution in [2.45, 2.75) is 60.3 Å². The van der Waals surface area contributed by atoms with Crippen LogP contribution in [0.5, 0.6) is 5.75 Å². The molecule has 1 aromatic heterocycles. The highest BCUT2D eigenvalue weighted by atomic mass is 16.3. The van der Waals surface area contributed by atoms with Crippen molar-refractivity contribution >= 4 is 6.08 Å². The standard InChI is InChI=1S/C21H30N2O/c1-8-9-17-15(2)13-23(22-17)18-12-16(10-11-19(18)24)21(6,7)14-20(3,4)5/h8-13,24H,14H2,1-7H3/b9-8-. The van der Waals surface area contributed by atoms with E-state index in [1.807, 2.05) is 38.3 Å². The number of hydrogen-bond acceptors (Lipinski definition) is 2. The fraction of sp³-hybridized carbons (Fsp3) is 0.476. The number of phenols is 1. The van der Waals surface area contributed by atoms with Crippen LogP contribution in [0.4, 0.5) is 0 Å². The lowest BCUT2D eigenvalue weighted by atomic mass is 9.72. The average Bonchev–Trinajstić information content (AvgIpc) is 2.78. The van der Waals surface area contributed by atoms with Gasteiger partial charge in [-0.25, -0.2) is 4.68 Å². The van der Waals surface area contributed by atoms with Crippen LogP contribution >= 0.6 is 0 Å². The summed E-state index contributed by atoms with van der Waals surface area (Å²) in [5.41, 5.74) is 4.22. The zero-order valence-electron chi connectivity index (χ0n) is 16.0. The number of hydrogen-bond donors (Lipinski definition) is 1. The molecule has 130 valence electrons. The third kappa shape index (κ3) is 4.08. The van der Waals surface area contributed by atoms with E-state index in [0.29, 0.717) is 0 Å². The van der Waals surface area contributed by atoms with Crippen LogP contribution in [-0.2, 0) is 5.41 Å². The van der Waals surface area contributed by atoms with Crippen molar-refractivity contribution in [2.24, 2.45) is 5.41 Å². The first-order valence-corrected chi connectivity index (χ1v) is 8.56. The van der Waals surface area contributed by atoms with Crippen molar-refractivity contribution in [3.63, 3.8) is 0 Å². The maximum Gasteiger partial charge on any atom is 0.141 e. The van der Waals surface area contributed by atoms with Crippen LogP contribution < -0.4 is 0 Å². The maximum atomic E-state index is 10.3. The number of allylic oxidation sites excluding steroid dienone is 1. The van der Waals surface area contributed by atoms with Gasteiger partial charge in [-0.3, -0.25) is 0 Å². The second-order valence-corrected chi connectivity index (χ2v) is 8.47. The van der Waals surface area contributed by atoms with E-state index in [1.165, 1.54) is 5.56 Å². The molecule has 0 saturated carbocycles. The summed E-state index contributed by atoms with van der Waals surface area (Å²) in [5, 5.41) is 14.9. The minimum Gasteiger partial charge on any atom is -0.506 e. The number of aryl methyl sites for hydroxylation is 1. The molecule has 3 heteroatoms. The third-order valence-electron chi connectivity index (χ3n) is 4.24. The molecule has 0 unspecified atom stereocenters. The Bertz CT molecular complexity index is 746. The van der Waals surface area contributed by atoms with Gasteiger partial charge in [0.2, 0.25) is 0 Å². The first-order chi connectivity index (χ1) is 11.0. The molecule has 0 fully saturated rings. The Balaban J connectivity index is 2.48. The molecule has 0 spiro atoms. The Morgan fingerprint density at radius 2 is 1.83 bits per heavy atom. The second kappa shape index (κ2) is 6.46. The van der Waals surface area contributed by atoms with Crippen molar-refractivity contribution in [3.8, 4) is 11.4 Å². The van der Waals surface area contributed by atoms with Gasteiger partial charge in [-0.15, -0.1) is 0 Å². The minimum absolute atomic E-state index is 0.0229. The van der Waals surface area contributed by atoms with Crippen LogP contribution in [0.2, 0.25) is 0 Å². The molecular formula is C21H30N2O. The van der Waals surface area contributed by atoms with Gasteiger partial charge in [0.05, 0.1) is 5.69 Å². The quantitative estimate of drug-likeness (QED) is 0.790. The summed E-state index contributed by atoms with van der Waals surface area (Å²) in [5.74, 6) is 0.250. The van der Waals surface area contributed by atoms with E-state index >= 15 is 0 Å². The predicted octanol–water partition coefficient (Wildman–Crippen LogP) is 5.63. The van der Waals surface area contributed by atoms with Gasteiger partial charge in [0.15, 0.2) is 0 Å². The lowest BCUT2D eigenvalue weighted by Gasteiger charge is -2.33. The largest absolute Gasteiger partial charge is 0.506 e. The van der Waals surface area contributed by atoms with Crippen LogP contribution in [0.25, 0.3) is 11.8 Å². The molecule has 0 bridgehead atoms. The minimum atomic E-state index is 0.0229. The van der Waals surface area contributed by atoms with Crippen molar-refractivity contribution in [2.75, 3.05) is 0 Å². The first-order valence-electron chi connectivity index (χ1n) is 8.56. The molecule has 0 aliphatic carbocycles. The van der Waals surface area contributed by atoms with E-state index in [4.69, 9.17) is 0 Å². The van der Waals surface area contributed by atoms with E-state index in [9.17, 15) is 5.11 Å². The summed E-state index contributed by atoms with van der Waals surface area (Å²) in [4.78, 5) is 0. The fourth-order valence-electron chi connectivity index (χ4n) is 3.48. The lowest BCUT2D eigenvalue weighted by molar-refractivity contribution is 0.284. The Hall–Kier alpha value is -2.03. The molecule has 0 aliphatic heterocycles. The smallest absolute Gasteiger partial charge is 0.141 e. The molecule has 3 nitrogen and oxygen atoms in total. The van der Waals surface area contributed by atoms with Gasteiger partial charge in [-0.05, 0) is 60.4 Å². The van der Waals surface area contributed by atoms with Crippen molar-refractivity contribution in [1.82, 2.24) is 9.78 Å². The highest BCUT2D eigenvalue weighted by Gasteiger charge is 2.28. The lowest BCUT2D eigenvalue weighted by Crippen LogP contribution is -2.25. The van der Waals surface area contributed by atoms with Gasteiger partial charge in [-0.1, -0.05) is 46.8 Å². The van der Waals surface area contributed by atoms with Gasteiger partial charge in [0.25, 0.3) is 0 Å². The Labute approximate surface area is 146 Å². The summed E-state index contributed by atoms with van der Waals surface area (Å²) < 4.78 is 1.77. The number of rotatable bonds is 4. The van der Waals surface area contributed by atoms with E-state index in [0.717, 1.165) is 23.4 Å². The SMILES string of the molecule is C/C=C\c1nn(-c2cc(C(C)(C)CC(C)(C)C)ccc2O)cc1C. The molecule has 0 radical (unpaired) electrons. The number of benzene rings is 1. The number of aromatic nitrogens is 2. The van der Waals surface area contributed by atoms with E-state index < -0.39 is 0 Å². The Morgan fingerprint density at radius 3 is 2.42 bits per heavy atom. The van der Waals surface area contributed by atoms with Gasteiger partial charge >= 0.3 is 0 Å². The van der Waals surface area contributed by atoms with Gasteiger partial charge < -0.3 is 5.11 Å². The Morgan fingerprint density at radius 1 is 1.17 bits per heavy atom. The maximum absolute atomic E-state index is 10.3. The second-order valence-electron chi connectivity index (χ2n) is 8.47. The Kier molecular flexibility index (Phi) is 4.93. The van der Waals surface area contributed by atoms with Crippen LogP contribution in [0.15, 0.2) is 30.5 Å².